The minimum absolute atomic E-state index is 0.373. The number of carbonyl (C=O) groups is 1. The molecule has 1 amide bonds. The Kier molecular flexibility index (Phi) is 4.58. The zero-order valence-electron chi connectivity index (χ0n) is 14.3. The summed E-state index contributed by atoms with van der Waals surface area (Å²) >= 11 is 1.72. The molecule has 1 atom stereocenters. The normalized spacial score (nSPS) is 21.6. The fourth-order valence-electron chi connectivity index (χ4n) is 4.09. The van der Waals surface area contributed by atoms with E-state index in [0.717, 1.165) is 26.2 Å². The number of nitrogens with one attached hydrogen (secondary N) is 1. The minimum Gasteiger partial charge on any atom is -0.366 e. The molecule has 5 nitrogen and oxygen atoms in total. The number of aromatic nitrogens is 1. The average molecular weight is 356 g/mol. The molecule has 2 aliphatic rings. The van der Waals surface area contributed by atoms with Crippen LogP contribution in [0.4, 0.5) is 0 Å². The van der Waals surface area contributed by atoms with Gasteiger partial charge in [0.1, 0.15) is 5.01 Å². The number of thiazole rings is 1. The van der Waals surface area contributed by atoms with Gasteiger partial charge in [-0.3, -0.25) is 9.69 Å². The zero-order valence-corrected chi connectivity index (χ0v) is 15.1. The second-order valence-corrected chi connectivity index (χ2v) is 8.20. The number of hydrogen-bond donors (Lipinski definition) is 2. The average Bonchev–Trinajstić information content (AvgIpc) is 3.05. The standard InChI is InChI=1S/C19H24N4OS/c20-18(24)15-3-1-14(2-4-15)12-23(13-17-22-9-10-25-17)16-11-19(16)5-7-21-8-6-19/h1-4,9-10,16,21H,5-8,11-13H2,(H2,20,24)/t16-/m0/s1. The van der Waals surface area contributed by atoms with Gasteiger partial charge < -0.3 is 11.1 Å². The number of primary amides is 1. The van der Waals surface area contributed by atoms with Crippen molar-refractivity contribution < 1.29 is 4.79 Å². The van der Waals surface area contributed by atoms with Gasteiger partial charge in [0, 0.05) is 29.7 Å². The number of rotatable bonds is 6. The predicted molar refractivity (Wildman–Crippen MR) is 99.3 cm³/mol. The van der Waals surface area contributed by atoms with Crippen molar-refractivity contribution in [2.45, 2.75) is 38.4 Å². The van der Waals surface area contributed by atoms with Crippen LogP contribution in [0.25, 0.3) is 0 Å². The topological polar surface area (TPSA) is 71.2 Å². The van der Waals surface area contributed by atoms with E-state index in [-0.39, 0.29) is 5.91 Å². The van der Waals surface area contributed by atoms with E-state index in [9.17, 15) is 4.79 Å². The van der Waals surface area contributed by atoms with Crippen LogP contribution in [0.1, 0.15) is 40.2 Å². The van der Waals surface area contributed by atoms with E-state index in [2.05, 4.69) is 15.2 Å². The summed E-state index contributed by atoms with van der Waals surface area (Å²) in [5.74, 6) is -0.373. The molecule has 2 heterocycles. The molecule has 6 heteroatoms. The summed E-state index contributed by atoms with van der Waals surface area (Å²) in [7, 11) is 0. The molecule has 132 valence electrons. The molecule has 0 unspecified atom stereocenters. The van der Waals surface area contributed by atoms with Gasteiger partial charge in [-0.2, -0.15) is 0 Å². The van der Waals surface area contributed by atoms with Crippen molar-refractivity contribution in [2.24, 2.45) is 11.1 Å². The van der Waals surface area contributed by atoms with Crippen molar-refractivity contribution in [2.75, 3.05) is 13.1 Å². The number of hydrogen-bond acceptors (Lipinski definition) is 5. The van der Waals surface area contributed by atoms with Crippen LogP contribution in [0.5, 0.6) is 0 Å². The Bertz CT molecular complexity index is 722. The Morgan fingerprint density at radius 3 is 2.68 bits per heavy atom. The van der Waals surface area contributed by atoms with Crippen molar-refractivity contribution in [1.82, 2.24) is 15.2 Å². The van der Waals surface area contributed by atoms with Crippen LogP contribution >= 0.6 is 11.3 Å². The third-order valence-corrected chi connectivity index (χ3v) is 6.40. The lowest BCUT2D eigenvalue weighted by Crippen LogP contribution is -2.35. The highest BCUT2D eigenvalue weighted by atomic mass is 32.1. The number of benzene rings is 1. The van der Waals surface area contributed by atoms with Gasteiger partial charge in [0.15, 0.2) is 0 Å². The maximum Gasteiger partial charge on any atom is 0.248 e. The van der Waals surface area contributed by atoms with Crippen LogP contribution in [0.2, 0.25) is 0 Å². The van der Waals surface area contributed by atoms with E-state index in [1.807, 2.05) is 35.8 Å². The van der Waals surface area contributed by atoms with Crippen LogP contribution < -0.4 is 11.1 Å². The molecule has 25 heavy (non-hydrogen) atoms. The molecule has 1 aromatic heterocycles. The van der Waals surface area contributed by atoms with Gasteiger partial charge in [-0.1, -0.05) is 12.1 Å². The maximum absolute atomic E-state index is 11.3. The molecule has 2 fully saturated rings. The Labute approximate surface area is 152 Å². The first kappa shape index (κ1) is 16.7. The lowest BCUT2D eigenvalue weighted by molar-refractivity contribution is 0.100. The van der Waals surface area contributed by atoms with Crippen LogP contribution in [0.15, 0.2) is 35.8 Å². The van der Waals surface area contributed by atoms with E-state index in [1.165, 1.54) is 29.8 Å². The molecular formula is C19H24N4OS. The van der Waals surface area contributed by atoms with E-state index in [1.54, 1.807) is 11.3 Å². The molecule has 0 radical (unpaired) electrons. The van der Waals surface area contributed by atoms with Crippen LogP contribution in [-0.2, 0) is 13.1 Å². The summed E-state index contributed by atoms with van der Waals surface area (Å²) in [6.45, 7) is 4.05. The van der Waals surface area contributed by atoms with Gasteiger partial charge in [-0.25, -0.2) is 4.98 Å². The first-order chi connectivity index (χ1) is 12.2. The third-order valence-electron chi connectivity index (χ3n) is 5.63. The molecule has 1 aromatic carbocycles. The Morgan fingerprint density at radius 1 is 1.28 bits per heavy atom. The highest BCUT2D eigenvalue weighted by Gasteiger charge is 2.56. The van der Waals surface area contributed by atoms with E-state index in [4.69, 9.17) is 5.73 Å². The predicted octanol–water partition coefficient (Wildman–Crippen LogP) is 2.39. The van der Waals surface area contributed by atoms with Gasteiger partial charge in [0.05, 0.1) is 6.54 Å². The Hall–Kier alpha value is -1.76. The first-order valence-corrected chi connectivity index (χ1v) is 9.76. The minimum atomic E-state index is -0.373. The summed E-state index contributed by atoms with van der Waals surface area (Å²) in [5.41, 5.74) is 7.63. The summed E-state index contributed by atoms with van der Waals surface area (Å²) < 4.78 is 0. The second-order valence-electron chi connectivity index (χ2n) is 7.22. The smallest absolute Gasteiger partial charge is 0.248 e. The highest BCUT2D eigenvalue weighted by Crippen LogP contribution is 2.56. The fraction of sp³-hybridized carbons (Fsp3) is 0.474. The zero-order chi connectivity index (χ0) is 17.3. The SMILES string of the molecule is NC(=O)c1ccc(CN(Cc2nccs2)[C@H]2CC23CCNCC3)cc1. The number of piperidine rings is 1. The van der Waals surface area contributed by atoms with Crippen molar-refractivity contribution in [1.29, 1.82) is 0 Å². The number of nitrogens with two attached hydrogens (primary N) is 1. The van der Waals surface area contributed by atoms with Crippen molar-refractivity contribution in [3.8, 4) is 0 Å². The molecule has 1 spiro atoms. The van der Waals surface area contributed by atoms with E-state index < -0.39 is 0 Å². The number of carbonyl (C=O) groups excluding carboxylic acids is 1. The molecule has 1 aliphatic heterocycles. The van der Waals surface area contributed by atoms with Gasteiger partial charge in [-0.15, -0.1) is 11.3 Å². The Morgan fingerprint density at radius 2 is 2.04 bits per heavy atom. The fourth-order valence-corrected chi connectivity index (χ4v) is 4.74. The Balaban J connectivity index is 1.50. The molecule has 2 aromatic rings. The quantitative estimate of drug-likeness (QED) is 0.834. The number of nitrogens with zero attached hydrogens (tertiary/aromatic N) is 2. The summed E-state index contributed by atoms with van der Waals surface area (Å²) in [5, 5.41) is 6.69. The van der Waals surface area contributed by atoms with Gasteiger partial charge in [0.2, 0.25) is 5.91 Å². The van der Waals surface area contributed by atoms with Gasteiger partial charge >= 0.3 is 0 Å². The van der Waals surface area contributed by atoms with Crippen LogP contribution in [-0.4, -0.2) is 34.9 Å². The monoisotopic (exact) mass is 356 g/mol. The van der Waals surface area contributed by atoms with Gasteiger partial charge in [0.25, 0.3) is 0 Å². The first-order valence-electron chi connectivity index (χ1n) is 8.88. The molecule has 1 saturated carbocycles. The lowest BCUT2D eigenvalue weighted by atomic mass is 9.93. The summed E-state index contributed by atoms with van der Waals surface area (Å²) in [6.07, 6.45) is 5.71. The third kappa shape index (κ3) is 3.61. The molecule has 1 saturated heterocycles. The molecule has 3 N–H and O–H groups in total. The second kappa shape index (κ2) is 6.86. The molecular weight excluding hydrogens is 332 g/mol. The highest BCUT2D eigenvalue weighted by molar-refractivity contribution is 7.09. The van der Waals surface area contributed by atoms with E-state index in [0.29, 0.717) is 17.0 Å². The van der Waals surface area contributed by atoms with Crippen LogP contribution in [0, 0.1) is 5.41 Å². The lowest BCUT2D eigenvalue weighted by Gasteiger charge is -2.29. The van der Waals surface area contributed by atoms with Crippen LogP contribution in [0.3, 0.4) is 0 Å². The largest absolute Gasteiger partial charge is 0.366 e. The summed E-state index contributed by atoms with van der Waals surface area (Å²) in [4.78, 5) is 18.3. The molecule has 4 rings (SSSR count). The van der Waals surface area contributed by atoms with E-state index >= 15 is 0 Å². The molecule has 0 bridgehead atoms. The van der Waals surface area contributed by atoms with Gasteiger partial charge in [-0.05, 0) is 55.5 Å². The molecule has 1 aliphatic carbocycles. The summed E-state index contributed by atoms with van der Waals surface area (Å²) in [6, 6.07) is 8.33. The van der Waals surface area contributed by atoms with Crippen molar-refractivity contribution >= 4 is 17.2 Å². The van der Waals surface area contributed by atoms with Crippen molar-refractivity contribution in [3.63, 3.8) is 0 Å². The van der Waals surface area contributed by atoms with Crippen molar-refractivity contribution in [3.05, 3.63) is 52.0 Å². The number of amides is 1. The maximum atomic E-state index is 11.3.